The molecule has 1 aliphatic carbocycles. The molecule has 0 saturated carbocycles. The molecule has 44 heavy (non-hydrogen) atoms. The molecule has 2 aliphatic rings. The van der Waals surface area contributed by atoms with Gasteiger partial charge >= 0.3 is 0 Å². The van der Waals surface area contributed by atoms with Crippen LogP contribution in [-0.2, 0) is 0 Å². The van der Waals surface area contributed by atoms with Crippen molar-refractivity contribution in [3.8, 4) is 16.9 Å². The Kier molecular flexibility index (Phi) is 5.53. The molecule has 0 amide bonds. The first-order valence-corrected chi connectivity index (χ1v) is 17.3. The second-order valence-electron chi connectivity index (χ2n) is 11.9. The standard InChI is InChI=1S/C39H30N4Si/c1-26-23-34(42-41-26)27-20-21-31-30-13-2-5-16-35(30)43(36(31)24-27)28-11-10-12-29(25-28)44(39-19-8-9-22-40-39)37-17-6-3-14-32(37)33-15-4-7-18-38(33)44/h2-3,5-6,8-25H,4,7H2,1H3,(H,41,42)/t44-/m1/s1. The lowest BCUT2D eigenvalue weighted by Gasteiger charge is -2.31. The average molecular weight is 583 g/mol. The molecule has 0 fully saturated rings. The fourth-order valence-corrected chi connectivity index (χ4v) is 12.8. The van der Waals surface area contributed by atoms with E-state index in [2.05, 4.69) is 136 Å². The van der Waals surface area contributed by atoms with E-state index in [-0.39, 0.29) is 0 Å². The van der Waals surface area contributed by atoms with Crippen molar-refractivity contribution in [1.82, 2.24) is 19.7 Å². The molecule has 7 aromatic rings. The van der Waals surface area contributed by atoms with Crippen LogP contribution in [0.4, 0.5) is 0 Å². The van der Waals surface area contributed by atoms with Gasteiger partial charge in [0.1, 0.15) is 0 Å². The summed E-state index contributed by atoms with van der Waals surface area (Å²) in [5, 5.41) is 15.7. The number of benzene rings is 4. The lowest BCUT2D eigenvalue weighted by Crippen LogP contribution is -2.67. The van der Waals surface area contributed by atoms with E-state index in [0.29, 0.717) is 0 Å². The van der Waals surface area contributed by atoms with Crippen LogP contribution in [0.5, 0.6) is 0 Å². The third-order valence-corrected chi connectivity index (χ3v) is 14.2. The Balaban J connectivity index is 1.34. The van der Waals surface area contributed by atoms with Gasteiger partial charge in [-0.2, -0.15) is 5.10 Å². The number of hydrogen-bond donors (Lipinski definition) is 1. The molecule has 0 bridgehead atoms. The highest BCUT2D eigenvalue weighted by Crippen LogP contribution is 2.41. The van der Waals surface area contributed by atoms with Crippen molar-refractivity contribution in [3.63, 3.8) is 0 Å². The minimum atomic E-state index is -2.65. The van der Waals surface area contributed by atoms with Crippen LogP contribution >= 0.6 is 0 Å². The number of aromatic nitrogens is 4. The Hall–Kier alpha value is -5.26. The summed E-state index contributed by atoms with van der Waals surface area (Å²) in [6.45, 7) is 2.04. The van der Waals surface area contributed by atoms with E-state index < -0.39 is 8.07 Å². The molecule has 3 aromatic heterocycles. The molecule has 4 heterocycles. The zero-order valence-electron chi connectivity index (χ0n) is 24.5. The molecule has 9 rings (SSSR count). The molecule has 0 unspecified atom stereocenters. The van der Waals surface area contributed by atoms with Crippen molar-refractivity contribution in [2.24, 2.45) is 0 Å². The molecule has 5 heteroatoms. The van der Waals surface area contributed by atoms with Gasteiger partial charge in [0.2, 0.25) is 8.07 Å². The molecule has 1 atom stereocenters. The summed E-state index contributed by atoms with van der Waals surface area (Å²) < 4.78 is 2.44. The van der Waals surface area contributed by atoms with Gasteiger partial charge in [-0.05, 0) is 88.9 Å². The van der Waals surface area contributed by atoms with Gasteiger partial charge in [0.15, 0.2) is 0 Å². The van der Waals surface area contributed by atoms with Crippen LogP contribution in [-0.4, -0.2) is 27.8 Å². The second-order valence-corrected chi connectivity index (χ2v) is 15.6. The maximum atomic E-state index is 5.12. The lowest BCUT2D eigenvalue weighted by molar-refractivity contribution is 1.04. The van der Waals surface area contributed by atoms with Crippen LogP contribution < -0.4 is 15.7 Å². The molecule has 4 nitrogen and oxygen atoms in total. The van der Waals surface area contributed by atoms with Crippen LogP contribution in [0.1, 0.15) is 24.1 Å². The van der Waals surface area contributed by atoms with Crippen molar-refractivity contribution in [3.05, 3.63) is 150 Å². The van der Waals surface area contributed by atoms with Gasteiger partial charge in [-0.25, -0.2) is 0 Å². The van der Waals surface area contributed by atoms with Crippen LogP contribution in [0.3, 0.4) is 0 Å². The molecule has 0 spiro atoms. The number of hydrogen-bond acceptors (Lipinski definition) is 2. The predicted molar refractivity (Wildman–Crippen MR) is 184 cm³/mol. The summed E-state index contributed by atoms with van der Waals surface area (Å²) in [5.74, 6) is 0. The Labute approximate surface area is 257 Å². The number of para-hydroxylation sites is 1. The monoisotopic (exact) mass is 582 g/mol. The number of fused-ring (bicyclic) bond motifs is 6. The SMILES string of the molecule is Cc1cc(-c2ccc3c4ccccc4n(-c4cccc([Si@]5(c6ccccn6)C6=CCCC=C6c6ccccc65)c4)c3c2)n[nH]1. The van der Waals surface area contributed by atoms with E-state index in [4.69, 9.17) is 4.98 Å². The first kappa shape index (κ1) is 25.3. The van der Waals surface area contributed by atoms with Crippen LogP contribution in [0.2, 0.25) is 0 Å². The number of nitrogens with one attached hydrogen (secondary N) is 1. The highest BCUT2D eigenvalue weighted by atomic mass is 28.3. The smallest absolute Gasteiger partial charge is 0.202 e. The minimum absolute atomic E-state index is 0.961. The van der Waals surface area contributed by atoms with Crippen LogP contribution in [0.25, 0.3) is 44.3 Å². The minimum Gasteiger partial charge on any atom is -0.309 e. The fourth-order valence-electron chi connectivity index (χ4n) is 7.65. The largest absolute Gasteiger partial charge is 0.309 e. The van der Waals surface area contributed by atoms with Crippen molar-refractivity contribution in [2.45, 2.75) is 19.8 Å². The summed E-state index contributed by atoms with van der Waals surface area (Å²) in [5.41, 5.74) is 9.45. The predicted octanol–water partition coefficient (Wildman–Crippen LogP) is 7.00. The van der Waals surface area contributed by atoms with Crippen molar-refractivity contribution in [1.29, 1.82) is 0 Å². The van der Waals surface area contributed by atoms with E-state index in [0.717, 1.165) is 35.5 Å². The van der Waals surface area contributed by atoms with E-state index >= 15 is 0 Å². The Morgan fingerprint density at radius 1 is 0.727 bits per heavy atom. The molecule has 4 aromatic carbocycles. The van der Waals surface area contributed by atoms with Gasteiger partial charge in [0.25, 0.3) is 0 Å². The molecule has 210 valence electrons. The highest BCUT2D eigenvalue weighted by molar-refractivity contribution is 7.18. The number of H-pyrrole nitrogens is 1. The Bertz CT molecular complexity index is 2310. The third-order valence-electron chi connectivity index (χ3n) is 9.44. The molecular weight excluding hydrogens is 553 g/mol. The maximum Gasteiger partial charge on any atom is 0.202 e. The van der Waals surface area contributed by atoms with Crippen LogP contribution in [0.15, 0.2) is 139 Å². The van der Waals surface area contributed by atoms with Gasteiger partial charge in [-0.1, -0.05) is 84.9 Å². The summed E-state index contributed by atoms with van der Waals surface area (Å²) in [6.07, 6.45) is 9.09. The lowest BCUT2D eigenvalue weighted by atomic mass is 10.00. The van der Waals surface area contributed by atoms with Gasteiger partial charge in [0, 0.05) is 39.2 Å². The zero-order chi connectivity index (χ0) is 29.3. The number of aryl methyl sites for hydroxylation is 1. The number of aromatic amines is 1. The number of rotatable bonds is 4. The van der Waals surface area contributed by atoms with E-state index in [1.807, 2.05) is 19.2 Å². The zero-order valence-corrected chi connectivity index (χ0v) is 25.5. The van der Waals surface area contributed by atoms with E-state index in [1.165, 1.54) is 53.8 Å². The van der Waals surface area contributed by atoms with E-state index in [9.17, 15) is 0 Å². The summed E-state index contributed by atoms with van der Waals surface area (Å²) in [6, 6.07) is 42.4. The Morgan fingerprint density at radius 2 is 1.57 bits per heavy atom. The number of allylic oxidation sites excluding steroid dienone is 4. The topological polar surface area (TPSA) is 46.5 Å². The molecule has 0 radical (unpaired) electrons. The van der Waals surface area contributed by atoms with Crippen molar-refractivity contribution in [2.75, 3.05) is 0 Å². The fraction of sp³-hybridized carbons (Fsp3) is 0.0769. The molecule has 1 N–H and O–H groups in total. The normalized spacial score (nSPS) is 17.4. The number of nitrogens with zero attached hydrogens (tertiary/aromatic N) is 3. The second kappa shape index (κ2) is 9.63. The summed E-state index contributed by atoms with van der Waals surface area (Å²) in [4.78, 5) is 5.12. The maximum absolute atomic E-state index is 5.12. The first-order chi connectivity index (χ1) is 21.7. The third kappa shape index (κ3) is 3.50. The van der Waals surface area contributed by atoms with Gasteiger partial charge in [-0.15, -0.1) is 0 Å². The highest BCUT2D eigenvalue weighted by Gasteiger charge is 2.52. The molecule has 1 aliphatic heterocycles. The summed E-state index contributed by atoms with van der Waals surface area (Å²) >= 11 is 0. The van der Waals surface area contributed by atoms with Crippen LogP contribution in [0, 0.1) is 6.92 Å². The van der Waals surface area contributed by atoms with Crippen molar-refractivity contribution < 1.29 is 0 Å². The van der Waals surface area contributed by atoms with Crippen molar-refractivity contribution >= 4 is 51.1 Å². The first-order valence-electron chi connectivity index (χ1n) is 15.3. The Morgan fingerprint density at radius 3 is 2.45 bits per heavy atom. The molecular formula is C39H30N4Si. The van der Waals surface area contributed by atoms with Gasteiger partial charge in [-0.3, -0.25) is 10.1 Å². The summed E-state index contributed by atoms with van der Waals surface area (Å²) in [7, 11) is -2.65. The van der Waals surface area contributed by atoms with Gasteiger partial charge in [0.05, 0.1) is 16.7 Å². The number of pyridine rings is 1. The quantitative estimate of drug-likeness (QED) is 0.227. The van der Waals surface area contributed by atoms with E-state index in [1.54, 1.807) is 0 Å². The average Bonchev–Trinajstić information content (AvgIpc) is 3.76. The van der Waals surface area contributed by atoms with Gasteiger partial charge < -0.3 is 4.57 Å². The molecule has 0 saturated heterocycles.